The average molecular weight is 610 g/mol. The standard InChI is InChI=1S/C33H37F6NO3/c1-6-30(7-2,25-11-10-24(21(4)17-25)15-16-31(42,32(34,35)36)33(37,38)39)26-12-13-27(22(5)18-26)28-14-9-23(20-40-28)19-29(41)43-8-3/h9-14,17-18,20,42H,6-8,15-16,19H2,1-5H3. The van der Waals surface area contributed by atoms with Crippen LogP contribution in [0.1, 0.15) is 73.4 Å². The molecular formula is C33H37F6NO3. The molecule has 3 rings (SSSR count). The molecule has 0 bridgehead atoms. The fourth-order valence-electron chi connectivity index (χ4n) is 5.58. The Kier molecular flexibility index (Phi) is 10.4. The number of esters is 1. The van der Waals surface area contributed by atoms with Gasteiger partial charge in [-0.15, -0.1) is 0 Å². The van der Waals surface area contributed by atoms with Gasteiger partial charge in [-0.2, -0.15) is 26.3 Å². The van der Waals surface area contributed by atoms with E-state index < -0.39 is 36.2 Å². The monoisotopic (exact) mass is 609 g/mol. The van der Waals surface area contributed by atoms with Gasteiger partial charge in [0.1, 0.15) is 0 Å². The Morgan fingerprint density at radius 1 is 0.837 bits per heavy atom. The number of aliphatic hydroxyl groups is 1. The number of hydrogen-bond donors (Lipinski definition) is 1. The molecule has 1 aromatic heterocycles. The molecule has 1 heterocycles. The first-order valence-corrected chi connectivity index (χ1v) is 14.2. The van der Waals surface area contributed by atoms with Crippen LogP contribution in [-0.4, -0.2) is 40.6 Å². The number of benzene rings is 2. The summed E-state index contributed by atoms with van der Waals surface area (Å²) in [6.07, 6.45) is -10.6. The van der Waals surface area contributed by atoms with Crippen molar-refractivity contribution in [3.8, 4) is 11.3 Å². The highest BCUT2D eigenvalue weighted by molar-refractivity contribution is 5.73. The zero-order valence-electron chi connectivity index (χ0n) is 24.9. The van der Waals surface area contributed by atoms with E-state index in [0.717, 1.165) is 33.5 Å². The average Bonchev–Trinajstić information content (AvgIpc) is 2.93. The van der Waals surface area contributed by atoms with Crippen molar-refractivity contribution in [2.24, 2.45) is 0 Å². The molecule has 2 aromatic carbocycles. The first-order valence-electron chi connectivity index (χ1n) is 14.2. The van der Waals surface area contributed by atoms with Crippen LogP contribution in [0.15, 0.2) is 54.7 Å². The predicted molar refractivity (Wildman–Crippen MR) is 153 cm³/mol. The van der Waals surface area contributed by atoms with Gasteiger partial charge in [-0.1, -0.05) is 56.3 Å². The van der Waals surface area contributed by atoms with Crippen molar-refractivity contribution in [1.82, 2.24) is 4.98 Å². The van der Waals surface area contributed by atoms with Crippen LogP contribution in [0, 0.1) is 13.8 Å². The van der Waals surface area contributed by atoms with Gasteiger partial charge in [0.2, 0.25) is 0 Å². The second kappa shape index (κ2) is 13.1. The highest BCUT2D eigenvalue weighted by Gasteiger charge is 2.69. The molecule has 10 heteroatoms. The smallest absolute Gasteiger partial charge is 0.426 e. The summed E-state index contributed by atoms with van der Waals surface area (Å²) in [6, 6.07) is 14.9. The van der Waals surface area contributed by atoms with Crippen molar-refractivity contribution in [1.29, 1.82) is 0 Å². The second-order valence-electron chi connectivity index (χ2n) is 10.8. The van der Waals surface area contributed by atoms with Gasteiger partial charge in [-0.05, 0) is 85.9 Å². The minimum Gasteiger partial charge on any atom is -0.466 e. The maximum absolute atomic E-state index is 13.2. The Hall–Kier alpha value is -3.40. The Labute approximate surface area is 248 Å². The van der Waals surface area contributed by atoms with Crippen LogP contribution in [0.3, 0.4) is 0 Å². The van der Waals surface area contributed by atoms with Crippen LogP contribution < -0.4 is 0 Å². The first-order chi connectivity index (χ1) is 20.0. The number of pyridine rings is 1. The molecule has 1 N–H and O–H groups in total. The van der Waals surface area contributed by atoms with Crippen LogP contribution in [-0.2, 0) is 27.8 Å². The molecule has 0 unspecified atom stereocenters. The summed E-state index contributed by atoms with van der Waals surface area (Å²) in [5, 5.41) is 9.57. The molecular weight excluding hydrogens is 572 g/mol. The molecule has 0 radical (unpaired) electrons. The number of ether oxygens (including phenoxy) is 1. The Morgan fingerprint density at radius 2 is 1.42 bits per heavy atom. The summed E-state index contributed by atoms with van der Waals surface area (Å²) in [5.74, 6) is -0.319. The lowest BCUT2D eigenvalue weighted by molar-refractivity contribution is -0.369. The van der Waals surface area contributed by atoms with Crippen molar-refractivity contribution in [3.63, 3.8) is 0 Å². The van der Waals surface area contributed by atoms with Crippen molar-refractivity contribution in [2.75, 3.05) is 6.61 Å². The largest absolute Gasteiger partial charge is 0.466 e. The van der Waals surface area contributed by atoms with E-state index in [2.05, 4.69) is 11.1 Å². The minimum absolute atomic E-state index is 0.137. The molecule has 0 aliphatic carbocycles. The number of rotatable bonds is 11. The highest BCUT2D eigenvalue weighted by Crippen LogP contribution is 2.46. The third-order valence-electron chi connectivity index (χ3n) is 8.33. The number of aryl methyl sites for hydroxylation is 3. The van der Waals surface area contributed by atoms with Gasteiger partial charge in [0.25, 0.3) is 5.60 Å². The maximum atomic E-state index is 13.2. The molecule has 0 saturated carbocycles. The third kappa shape index (κ3) is 7.06. The van der Waals surface area contributed by atoms with E-state index in [0.29, 0.717) is 30.6 Å². The van der Waals surface area contributed by atoms with Crippen LogP contribution in [0.4, 0.5) is 26.3 Å². The van der Waals surface area contributed by atoms with Crippen LogP contribution in [0.5, 0.6) is 0 Å². The minimum atomic E-state index is -5.84. The molecule has 4 nitrogen and oxygen atoms in total. The molecule has 0 amide bonds. The number of carbonyl (C=O) groups excluding carboxylic acids is 1. The Bertz CT molecular complexity index is 1400. The highest BCUT2D eigenvalue weighted by atomic mass is 19.4. The van der Waals surface area contributed by atoms with Gasteiger partial charge in [-0.25, -0.2) is 0 Å². The summed E-state index contributed by atoms with van der Waals surface area (Å²) >= 11 is 0. The Balaban J connectivity index is 1.90. The van der Waals surface area contributed by atoms with E-state index >= 15 is 0 Å². The van der Waals surface area contributed by atoms with Gasteiger partial charge in [0.15, 0.2) is 0 Å². The van der Waals surface area contributed by atoms with E-state index in [1.54, 1.807) is 32.2 Å². The van der Waals surface area contributed by atoms with Gasteiger partial charge < -0.3 is 9.84 Å². The van der Waals surface area contributed by atoms with E-state index in [-0.39, 0.29) is 12.4 Å². The van der Waals surface area contributed by atoms with E-state index in [1.165, 1.54) is 0 Å². The summed E-state index contributed by atoms with van der Waals surface area (Å²) < 4.78 is 84.0. The number of nitrogens with zero attached hydrogens (tertiary/aromatic N) is 1. The molecule has 0 atom stereocenters. The van der Waals surface area contributed by atoms with Gasteiger partial charge in [0.05, 0.1) is 18.7 Å². The number of alkyl halides is 6. The van der Waals surface area contributed by atoms with Gasteiger partial charge in [-0.3, -0.25) is 9.78 Å². The van der Waals surface area contributed by atoms with E-state index in [4.69, 9.17) is 4.74 Å². The second-order valence-corrected chi connectivity index (χ2v) is 10.8. The molecule has 0 aliphatic heterocycles. The molecule has 0 fully saturated rings. The lowest BCUT2D eigenvalue weighted by Crippen LogP contribution is -2.57. The van der Waals surface area contributed by atoms with Crippen LogP contribution >= 0.6 is 0 Å². The fourth-order valence-corrected chi connectivity index (χ4v) is 5.58. The fraction of sp³-hybridized carbons (Fsp3) is 0.455. The molecule has 234 valence electrons. The van der Waals surface area contributed by atoms with E-state index in [9.17, 15) is 36.2 Å². The molecule has 43 heavy (non-hydrogen) atoms. The summed E-state index contributed by atoms with van der Waals surface area (Å²) in [4.78, 5) is 16.3. The summed E-state index contributed by atoms with van der Waals surface area (Å²) in [7, 11) is 0. The summed E-state index contributed by atoms with van der Waals surface area (Å²) in [6.45, 7) is 9.75. The topological polar surface area (TPSA) is 59.4 Å². The molecule has 3 aromatic rings. The lowest BCUT2D eigenvalue weighted by atomic mass is 9.69. The predicted octanol–water partition coefficient (Wildman–Crippen LogP) is 8.37. The molecule has 0 aliphatic rings. The lowest BCUT2D eigenvalue weighted by Gasteiger charge is -2.35. The quantitative estimate of drug-likeness (QED) is 0.175. The number of aromatic nitrogens is 1. The van der Waals surface area contributed by atoms with Gasteiger partial charge >= 0.3 is 18.3 Å². The number of carbonyl (C=O) groups is 1. The maximum Gasteiger partial charge on any atom is 0.426 e. The first kappa shape index (κ1) is 34.1. The van der Waals surface area contributed by atoms with Crippen molar-refractivity contribution in [3.05, 3.63) is 88.1 Å². The molecule has 0 saturated heterocycles. The van der Waals surface area contributed by atoms with Gasteiger partial charge in [0, 0.05) is 17.2 Å². The van der Waals surface area contributed by atoms with Crippen molar-refractivity contribution < 1.29 is 41.0 Å². The van der Waals surface area contributed by atoms with Crippen LogP contribution in [0.2, 0.25) is 0 Å². The molecule has 0 spiro atoms. The zero-order chi connectivity index (χ0) is 32.2. The SMILES string of the molecule is CCOC(=O)Cc1ccc(-c2ccc(C(CC)(CC)c3ccc(CCC(O)(C(F)(F)F)C(F)(F)F)c(C)c3)cc2C)nc1. The number of hydrogen-bond acceptors (Lipinski definition) is 4. The summed E-state index contributed by atoms with van der Waals surface area (Å²) in [5.41, 5.74) is 0.918. The number of halogens is 6. The Morgan fingerprint density at radius 3 is 1.88 bits per heavy atom. The normalized spacial score (nSPS) is 12.8. The third-order valence-corrected chi connectivity index (χ3v) is 8.33. The van der Waals surface area contributed by atoms with Crippen LogP contribution in [0.25, 0.3) is 11.3 Å². The van der Waals surface area contributed by atoms with E-state index in [1.807, 2.05) is 51.1 Å². The van der Waals surface area contributed by atoms with Crippen molar-refractivity contribution >= 4 is 5.97 Å². The zero-order valence-corrected chi connectivity index (χ0v) is 24.9. The van der Waals surface area contributed by atoms with Crippen molar-refractivity contribution in [2.45, 2.75) is 90.1 Å².